The molecule has 0 aromatic heterocycles. The SMILES string of the molecule is COC(=O)C[C@@H]1O[C@H](C(O)c2ccccc2)[C@@H]2OC(C)(C)O[C@@H]21. The molecule has 6 nitrogen and oxygen atoms in total. The Morgan fingerprint density at radius 3 is 2.57 bits per heavy atom. The second kappa shape index (κ2) is 6.20. The number of methoxy groups -OCH3 is 1. The van der Waals surface area contributed by atoms with E-state index in [-0.39, 0.29) is 12.4 Å². The Morgan fingerprint density at radius 1 is 1.26 bits per heavy atom. The van der Waals surface area contributed by atoms with Crippen molar-refractivity contribution in [2.75, 3.05) is 7.11 Å². The molecule has 2 saturated heterocycles. The summed E-state index contributed by atoms with van der Waals surface area (Å²) in [5.41, 5.74) is 0.739. The highest BCUT2D eigenvalue weighted by molar-refractivity contribution is 5.70. The zero-order valence-corrected chi connectivity index (χ0v) is 13.5. The number of rotatable bonds is 4. The minimum atomic E-state index is -0.858. The molecule has 126 valence electrons. The Hall–Kier alpha value is -1.47. The van der Waals surface area contributed by atoms with Gasteiger partial charge in [-0.1, -0.05) is 30.3 Å². The molecule has 6 heteroatoms. The first-order valence-electron chi connectivity index (χ1n) is 7.72. The summed E-state index contributed by atoms with van der Waals surface area (Å²) in [6.45, 7) is 3.62. The molecule has 0 bridgehead atoms. The number of aliphatic hydroxyl groups excluding tert-OH is 1. The van der Waals surface area contributed by atoms with Gasteiger partial charge in [0.15, 0.2) is 5.79 Å². The Kier molecular flexibility index (Phi) is 4.42. The molecule has 1 unspecified atom stereocenters. The summed E-state index contributed by atoms with van der Waals surface area (Å²) >= 11 is 0. The summed E-state index contributed by atoms with van der Waals surface area (Å²) in [5, 5.41) is 10.7. The maximum atomic E-state index is 11.6. The second-order valence-corrected chi connectivity index (χ2v) is 6.34. The van der Waals surface area contributed by atoms with Crippen molar-refractivity contribution in [2.45, 2.75) is 56.6 Å². The van der Waals surface area contributed by atoms with Gasteiger partial charge in [-0.3, -0.25) is 4.79 Å². The first-order chi connectivity index (χ1) is 10.9. The number of ether oxygens (including phenoxy) is 4. The minimum Gasteiger partial charge on any atom is -0.469 e. The summed E-state index contributed by atoms with van der Waals surface area (Å²) in [6, 6.07) is 9.25. The van der Waals surface area contributed by atoms with Crippen molar-refractivity contribution in [3.05, 3.63) is 35.9 Å². The molecule has 5 atom stereocenters. The monoisotopic (exact) mass is 322 g/mol. The van der Waals surface area contributed by atoms with Crippen LogP contribution in [0.5, 0.6) is 0 Å². The molecule has 2 aliphatic rings. The average Bonchev–Trinajstić information content (AvgIpc) is 3.01. The van der Waals surface area contributed by atoms with Gasteiger partial charge in [0.1, 0.15) is 24.4 Å². The van der Waals surface area contributed by atoms with Gasteiger partial charge < -0.3 is 24.1 Å². The Balaban J connectivity index is 1.82. The number of fused-ring (bicyclic) bond motifs is 1. The van der Waals surface area contributed by atoms with E-state index in [1.807, 2.05) is 44.2 Å². The lowest BCUT2D eigenvalue weighted by Crippen LogP contribution is -2.34. The molecule has 0 spiro atoms. The second-order valence-electron chi connectivity index (χ2n) is 6.34. The summed E-state index contributed by atoms with van der Waals surface area (Å²) in [4.78, 5) is 11.6. The van der Waals surface area contributed by atoms with Crippen molar-refractivity contribution >= 4 is 5.97 Å². The van der Waals surface area contributed by atoms with Gasteiger partial charge in [0.05, 0.1) is 19.6 Å². The number of carbonyl (C=O) groups excluding carboxylic acids is 1. The minimum absolute atomic E-state index is 0.0646. The van der Waals surface area contributed by atoms with E-state index in [1.165, 1.54) is 7.11 Å². The van der Waals surface area contributed by atoms with Crippen LogP contribution in [0.2, 0.25) is 0 Å². The lowest BCUT2D eigenvalue weighted by molar-refractivity contribution is -0.200. The molecule has 0 aliphatic carbocycles. The van der Waals surface area contributed by atoms with Crippen LogP contribution in [0.1, 0.15) is 31.9 Å². The Bertz CT molecular complexity index is 557. The molecule has 1 N–H and O–H groups in total. The van der Waals surface area contributed by atoms with Gasteiger partial charge >= 0.3 is 5.97 Å². The third kappa shape index (κ3) is 3.26. The molecule has 2 heterocycles. The topological polar surface area (TPSA) is 74.2 Å². The van der Waals surface area contributed by atoms with Crippen molar-refractivity contribution in [3.8, 4) is 0 Å². The molecular formula is C17H22O6. The largest absolute Gasteiger partial charge is 0.469 e. The zero-order valence-electron chi connectivity index (χ0n) is 13.5. The van der Waals surface area contributed by atoms with Crippen LogP contribution in [0.4, 0.5) is 0 Å². The standard InChI is InChI=1S/C17H22O6/c1-17(2)22-14-11(9-12(18)20-3)21-15(16(14)23-17)13(19)10-7-5-4-6-8-10/h4-8,11,13-16,19H,9H2,1-3H3/t11-,13?,14+,15+,16+/m0/s1. The van der Waals surface area contributed by atoms with Crippen LogP contribution in [0.15, 0.2) is 30.3 Å². The van der Waals surface area contributed by atoms with Gasteiger partial charge in [-0.25, -0.2) is 0 Å². The number of aliphatic hydroxyl groups is 1. The van der Waals surface area contributed by atoms with E-state index in [9.17, 15) is 9.90 Å². The zero-order chi connectivity index (χ0) is 16.6. The van der Waals surface area contributed by atoms with Crippen molar-refractivity contribution in [1.29, 1.82) is 0 Å². The molecule has 0 saturated carbocycles. The van der Waals surface area contributed by atoms with Crippen molar-refractivity contribution < 1.29 is 28.8 Å². The van der Waals surface area contributed by atoms with Gasteiger partial charge in [0.2, 0.25) is 0 Å². The molecule has 2 aliphatic heterocycles. The summed E-state index contributed by atoms with van der Waals surface area (Å²) < 4.78 is 22.4. The lowest BCUT2D eigenvalue weighted by Gasteiger charge is -2.26. The van der Waals surface area contributed by atoms with Crippen LogP contribution in [-0.4, -0.2) is 48.4 Å². The maximum absolute atomic E-state index is 11.6. The highest BCUT2D eigenvalue weighted by atomic mass is 16.8. The third-order valence-corrected chi connectivity index (χ3v) is 4.23. The Morgan fingerprint density at radius 2 is 1.91 bits per heavy atom. The van der Waals surface area contributed by atoms with Gasteiger partial charge in [0.25, 0.3) is 0 Å². The van der Waals surface area contributed by atoms with Crippen molar-refractivity contribution in [1.82, 2.24) is 0 Å². The number of benzene rings is 1. The highest BCUT2D eigenvalue weighted by Gasteiger charge is 2.57. The van der Waals surface area contributed by atoms with E-state index in [2.05, 4.69) is 0 Å². The molecule has 23 heavy (non-hydrogen) atoms. The van der Waals surface area contributed by atoms with Crippen LogP contribution in [0.25, 0.3) is 0 Å². The van der Waals surface area contributed by atoms with Crippen LogP contribution < -0.4 is 0 Å². The van der Waals surface area contributed by atoms with Gasteiger partial charge in [0, 0.05) is 0 Å². The van der Waals surface area contributed by atoms with E-state index in [4.69, 9.17) is 18.9 Å². The fourth-order valence-corrected chi connectivity index (χ4v) is 3.22. The van der Waals surface area contributed by atoms with Crippen molar-refractivity contribution in [3.63, 3.8) is 0 Å². The molecule has 0 amide bonds. The van der Waals surface area contributed by atoms with Crippen LogP contribution in [-0.2, 0) is 23.7 Å². The predicted molar refractivity (Wildman–Crippen MR) is 80.5 cm³/mol. The smallest absolute Gasteiger partial charge is 0.308 e. The molecule has 1 aromatic carbocycles. The lowest BCUT2D eigenvalue weighted by atomic mass is 9.98. The fourth-order valence-electron chi connectivity index (χ4n) is 3.22. The normalized spacial score (nSPS) is 33.2. The van der Waals surface area contributed by atoms with Crippen LogP contribution in [0.3, 0.4) is 0 Å². The van der Waals surface area contributed by atoms with E-state index in [0.717, 1.165) is 5.56 Å². The number of hydrogen-bond donors (Lipinski definition) is 1. The van der Waals surface area contributed by atoms with Gasteiger partial charge in [-0.15, -0.1) is 0 Å². The number of hydrogen-bond acceptors (Lipinski definition) is 6. The van der Waals surface area contributed by atoms with E-state index >= 15 is 0 Å². The average molecular weight is 322 g/mol. The maximum Gasteiger partial charge on any atom is 0.308 e. The summed E-state index contributed by atoms with van der Waals surface area (Å²) in [5.74, 6) is -1.15. The van der Waals surface area contributed by atoms with Crippen molar-refractivity contribution in [2.24, 2.45) is 0 Å². The highest BCUT2D eigenvalue weighted by Crippen LogP contribution is 2.43. The summed E-state index contributed by atoms with van der Waals surface area (Å²) in [7, 11) is 1.33. The molecule has 3 rings (SSSR count). The fraction of sp³-hybridized carbons (Fsp3) is 0.588. The van der Waals surface area contributed by atoms with Crippen LogP contribution in [0, 0.1) is 0 Å². The predicted octanol–water partition coefficient (Wildman–Crippen LogP) is 1.57. The summed E-state index contributed by atoms with van der Waals surface area (Å²) in [6.07, 6.45) is -2.74. The molecule has 1 aromatic rings. The Labute approximate surface area is 135 Å². The third-order valence-electron chi connectivity index (χ3n) is 4.23. The molecule has 2 fully saturated rings. The van der Waals surface area contributed by atoms with Gasteiger partial charge in [-0.2, -0.15) is 0 Å². The van der Waals surface area contributed by atoms with Crippen LogP contribution >= 0.6 is 0 Å². The quantitative estimate of drug-likeness (QED) is 0.848. The molecule has 0 radical (unpaired) electrons. The van der Waals surface area contributed by atoms with E-state index in [0.29, 0.717) is 0 Å². The number of carbonyl (C=O) groups is 1. The first kappa shape index (κ1) is 16.4. The first-order valence-corrected chi connectivity index (χ1v) is 7.72. The number of esters is 1. The molecular weight excluding hydrogens is 300 g/mol. The van der Waals surface area contributed by atoms with E-state index < -0.39 is 36.3 Å². The van der Waals surface area contributed by atoms with Gasteiger partial charge in [-0.05, 0) is 19.4 Å². The van der Waals surface area contributed by atoms with E-state index in [1.54, 1.807) is 0 Å².